The first kappa shape index (κ1) is 34.4. The van der Waals surface area contributed by atoms with Gasteiger partial charge in [-0.1, -0.05) is 30.3 Å². The van der Waals surface area contributed by atoms with Gasteiger partial charge in [-0.2, -0.15) is 0 Å². The maximum absolute atomic E-state index is 11.4. The Kier molecular flexibility index (Phi) is 10.1. The highest BCUT2D eigenvalue weighted by Crippen LogP contribution is 2.39. The SMILES string of the molecule is CC(C)(C)Oc1ccc2ccc(C=O)c(OC(C)(C)C)c2c1.CC(C)(C)Oc1cccc2ccc(C=O)c(OC(C)(C)C)c12. The summed E-state index contributed by atoms with van der Waals surface area (Å²) in [5.74, 6) is 2.69. The zero-order chi connectivity index (χ0) is 33.1. The molecule has 0 radical (unpaired) electrons. The van der Waals surface area contributed by atoms with Crippen LogP contribution in [0.25, 0.3) is 21.5 Å². The smallest absolute Gasteiger partial charge is 0.153 e. The number of hydrogen-bond donors (Lipinski definition) is 0. The molecule has 0 saturated carbocycles. The third kappa shape index (κ3) is 9.73. The average Bonchev–Trinajstić information content (AvgIpc) is 2.86. The average molecular weight is 601 g/mol. The highest BCUT2D eigenvalue weighted by atomic mass is 16.5. The number of benzene rings is 4. The fourth-order valence-electron chi connectivity index (χ4n) is 4.47. The molecule has 0 aliphatic carbocycles. The van der Waals surface area contributed by atoms with Crippen LogP contribution in [0.5, 0.6) is 23.0 Å². The summed E-state index contributed by atoms with van der Waals surface area (Å²) in [6.45, 7) is 23.8. The van der Waals surface area contributed by atoms with Gasteiger partial charge < -0.3 is 18.9 Å². The number of carbonyl (C=O) groups is 2. The van der Waals surface area contributed by atoms with E-state index in [2.05, 4.69) is 0 Å². The van der Waals surface area contributed by atoms with Gasteiger partial charge in [0.2, 0.25) is 0 Å². The summed E-state index contributed by atoms with van der Waals surface area (Å²) in [4.78, 5) is 22.8. The van der Waals surface area contributed by atoms with Crippen molar-refractivity contribution < 1.29 is 28.5 Å². The molecule has 6 nitrogen and oxygen atoms in total. The second kappa shape index (κ2) is 12.9. The summed E-state index contributed by atoms with van der Waals surface area (Å²) in [6.07, 6.45) is 1.66. The Morgan fingerprint density at radius 1 is 0.500 bits per heavy atom. The van der Waals surface area contributed by atoms with Crippen LogP contribution in [-0.4, -0.2) is 35.0 Å². The van der Waals surface area contributed by atoms with Crippen molar-refractivity contribution in [1.82, 2.24) is 0 Å². The van der Waals surface area contributed by atoms with Crippen molar-refractivity contribution in [2.45, 2.75) is 105 Å². The molecule has 4 aromatic rings. The molecule has 6 heteroatoms. The van der Waals surface area contributed by atoms with Crippen molar-refractivity contribution in [3.8, 4) is 23.0 Å². The molecule has 0 bridgehead atoms. The van der Waals surface area contributed by atoms with E-state index in [1.807, 2.05) is 132 Å². The third-order valence-electron chi connectivity index (χ3n) is 5.87. The van der Waals surface area contributed by atoms with Crippen molar-refractivity contribution in [1.29, 1.82) is 0 Å². The quantitative estimate of drug-likeness (QED) is 0.205. The van der Waals surface area contributed by atoms with E-state index < -0.39 is 5.60 Å². The predicted molar refractivity (Wildman–Crippen MR) is 180 cm³/mol. The largest absolute Gasteiger partial charge is 0.488 e. The zero-order valence-electron chi connectivity index (χ0n) is 28.4. The Labute approximate surface area is 262 Å². The normalized spacial score (nSPS) is 12.3. The van der Waals surface area contributed by atoms with Crippen LogP contribution >= 0.6 is 0 Å². The fraction of sp³-hybridized carbons (Fsp3) is 0.421. The molecule has 0 N–H and O–H groups in total. The Bertz CT molecular complexity index is 1620. The minimum Gasteiger partial charge on any atom is -0.488 e. The van der Waals surface area contributed by atoms with Crippen LogP contribution in [0.2, 0.25) is 0 Å². The minimum atomic E-state index is -0.402. The van der Waals surface area contributed by atoms with Gasteiger partial charge >= 0.3 is 0 Å². The predicted octanol–water partition coefficient (Wildman–Crippen LogP) is 10.0. The fourth-order valence-corrected chi connectivity index (χ4v) is 4.47. The van der Waals surface area contributed by atoms with Crippen LogP contribution in [0.15, 0.2) is 60.7 Å². The monoisotopic (exact) mass is 600 g/mol. The molecule has 0 heterocycles. The first-order valence-electron chi connectivity index (χ1n) is 15.0. The molecule has 0 aromatic heterocycles. The highest BCUT2D eigenvalue weighted by Gasteiger charge is 2.22. The van der Waals surface area contributed by atoms with Gasteiger partial charge in [-0.3, -0.25) is 9.59 Å². The Morgan fingerprint density at radius 2 is 0.977 bits per heavy atom. The van der Waals surface area contributed by atoms with Crippen molar-refractivity contribution in [2.24, 2.45) is 0 Å². The van der Waals surface area contributed by atoms with E-state index in [4.69, 9.17) is 18.9 Å². The standard InChI is InChI=1S/2C19H24O3/c1-18(2,3)21-15-10-9-13-7-8-14(12-20)17(16(13)11-15)22-19(4,5)6;1-18(2,3)21-15-9-7-8-13-10-11-14(12-20)17(16(13)15)22-19(4,5)6/h2*7-12H,1-6H3. The molecule has 0 spiro atoms. The van der Waals surface area contributed by atoms with Gasteiger partial charge in [0.15, 0.2) is 12.6 Å². The lowest BCUT2D eigenvalue weighted by Crippen LogP contribution is -2.25. The lowest BCUT2D eigenvalue weighted by Gasteiger charge is -2.26. The number of carbonyl (C=O) groups excluding carboxylic acids is 2. The lowest BCUT2D eigenvalue weighted by molar-refractivity contribution is 0.108. The molecular weight excluding hydrogens is 552 g/mol. The van der Waals surface area contributed by atoms with Crippen molar-refractivity contribution in [2.75, 3.05) is 0 Å². The molecule has 0 aliphatic rings. The molecule has 4 rings (SSSR count). The van der Waals surface area contributed by atoms with Gasteiger partial charge in [0.05, 0.1) is 16.5 Å². The summed E-state index contributed by atoms with van der Waals surface area (Å²) >= 11 is 0. The molecule has 0 fully saturated rings. The third-order valence-corrected chi connectivity index (χ3v) is 5.87. The van der Waals surface area contributed by atoms with Crippen LogP contribution in [0, 0.1) is 0 Å². The van der Waals surface area contributed by atoms with Gasteiger partial charge in [0.1, 0.15) is 45.4 Å². The summed E-state index contributed by atoms with van der Waals surface area (Å²) in [6, 6.07) is 19.2. The van der Waals surface area contributed by atoms with Crippen LogP contribution in [0.3, 0.4) is 0 Å². The van der Waals surface area contributed by atoms with E-state index in [1.165, 1.54) is 0 Å². The number of ether oxygens (including phenoxy) is 4. The van der Waals surface area contributed by atoms with Crippen molar-refractivity contribution in [3.63, 3.8) is 0 Å². The Hall–Kier alpha value is -4.06. The molecular formula is C38H48O6. The lowest BCUT2D eigenvalue weighted by atomic mass is 10.0. The molecule has 0 unspecified atom stereocenters. The van der Waals surface area contributed by atoms with E-state index >= 15 is 0 Å². The van der Waals surface area contributed by atoms with Gasteiger partial charge in [-0.25, -0.2) is 0 Å². The molecule has 4 aromatic carbocycles. The number of aldehydes is 2. The number of hydrogen-bond acceptors (Lipinski definition) is 6. The van der Waals surface area contributed by atoms with Gasteiger partial charge in [0, 0.05) is 5.39 Å². The maximum atomic E-state index is 11.4. The van der Waals surface area contributed by atoms with Crippen molar-refractivity contribution in [3.05, 3.63) is 71.8 Å². The van der Waals surface area contributed by atoms with E-state index in [-0.39, 0.29) is 16.8 Å². The van der Waals surface area contributed by atoms with E-state index in [0.29, 0.717) is 22.6 Å². The van der Waals surface area contributed by atoms with Gasteiger partial charge in [-0.05, 0) is 124 Å². The Balaban J connectivity index is 0.000000240. The van der Waals surface area contributed by atoms with E-state index in [9.17, 15) is 9.59 Å². The topological polar surface area (TPSA) is 71.1 Å². The molecule has 236 valence electrons. The number of rotatable bonds is 6. The van der Waals surface area contributed by atoms with Crippen LogP contribution in [0.4, 0.5) is 0 Å². The van der Waals surface area contributed by atoms with Crippen LogP contribution < -0.4 is 18.9 Å². The number of fused-ring (bicyclic) bond motifs is 2. The minimum absolute atomic E-state index is 0.277. The second-order valence-corrected chi connectivity index (χ2v) is 14.8. The van der Waals surface area contributed by atoms with E-state index in [0.717, 1.165) is 45.6 Å². The van der Waals surface area contributed by atoms with Crippen molar-refractivity contribution >= 4 is 34.1 Å². The first-order chi connectivity index (χ1) is 20.2. The molecule has 0 saturated heterocycles. The van der Waals surface area contributed by atoms with E-state index in [1.54, 1.807) is 12.1 Å². The molecule has 44 heavy (non-hydrogen) atoms. The van der Waals surface area contributed by atoms with Crippen LogP contribution in [0.1, 0.15) is 104 Å². The van der Waals surface area contributed by atoms with Gasteiger partial charge in [0.25, 0.3) is 0 Å². The summed E-state index contributed by atoms with van der Waals surface area (Å²) in [7, 11) is 0. The molecule has 0 aliphatic heterocycles. The molecule has 0 amide bonds. The molecule has 0 atom stereocenters. The zero-order valence-corrected chi connectivity index (χ0v) is 28.4. The van der Waals surface area contributed by atoms with Gasteiger partial charge in [-0.15, -0.1) is 0 Å². The first-order valence-corrected chi connectivity index (χ1v) is 15.0. The highest BCUT2D eigenvalue weighted by molar-refractivity contribution is 6.00. The Morgan fingerprint density at radius 3 is 1.50 bits per heavy atom. The summed E-state index contributed by atoms with van der Waals surface area (Å²) in [5, 5.41) is 3.75. The summed E-state index contributed by atoms with van der Waals surface area (Å²) < 4.78 is 24.1. The second-order valence-electron chi connectivity index (χ2n) is 14.8. The van der Waals surface area contributed by atoms with Crippen LogP contribution in [-0.2, 0) is 0 Å². The summed E-state index contributed by atoms with van der Waals surface area (Å²) in [5.41, 5.74) is -0.304. The maximum Gasteiger partial charge on any atom is 0.153 e.